The molecule has 0 unspecified atom stereocenters. The van der Waals surface area contributed by atoms with Crippen molar-refractivity contribution in [1.29, 1.82) is 0 Å². The molecule has 3 aromatic rings. The Morgan fingerprint density at radius 1 is 0.833 bits per heavy atom. The van der Waals surface area contributed by atoms with Gasteiger partial charge in [0, 0.05) is 29.1 Å². The van der Waals surface area contributed by atoms with Crippen LogP contribution in [0.1, 0.15) is 42.6 Å². The van der Waals surface area contributed by atoms with E-state index in [-0.39, 0.29) is 18.2 Å². The number of aryl methyl sites for hydroxylation is 1. The van der Waals surface area contributed by atoms with Gasteiger partial charge >= 0.3 is 0 Å². The Morgan fingerprint density at radius 2 is 1.47 bits per heavy atom. The van der Waals surface area contributed by atoms with Gasteiger partial charge in [0.1, 0.15) is 17.2 Å². The fourth-order valence-electron chi connectivity index (χ4n) is 3.43. The van der Waals surface area contributed by atoms with Crippen molar-refractivity contribution < 1.29 is 23.8 Å². The van der Waals surface area contributed by atoms with E-state index in [0.717, 1.165) is 5.56 Å². The van der Waals surface area contributed by atoms with Gasteiger partial charge in [-0.15, -0.1) is 0 Å². The molecular formula is C28H31ClN2O5. The van der Waals surface area contributed by atoms with E-state index in [1.807, 2.05) is 32.9 Å². The van der Waals surface area contributed by atoms with Gasteiger partial charge in [0.05, 0.1) is 31.2 Å². The molecule has 2 N–H and O–H groups in total. The summed E-state index contributed by atoms with van der Waals surface area (Å²) in [5, 5.41) is 6.45. The van der Waals surface area contributed by atoms with E-state index in [1.54, 1.807) is 48.5 Å². The lowest BCUT2D eigenvalue weighted by Gasteiger charge is -2.18. The molecule has 0 fully saturated rings. The summed E-state index contributed by atoms with van der Waals surface area (Å²) in [6.45, 7) is 6.77. The molecule has 0 saturated carbocycles. The van der Waals surface area contributed by atoms with Crippen LogP contribution in [0.15, 0.2) is 60.7 Å². The zero-order chi connectivity index (χ0) is 25.9. The Hall–Kier alpha value is -3.71. The van der Waals surface area contributed by atoms with Crippen LogP contribution in [0, 0.1) is 6.92 Å². The molecule has 0 radical (unpaired) electrons. The van der Waals surface area contributed by atoms with Crippen LogP contribution in [0.3, 0.4) is 0 Å². The van der Waals surface area contributed by atoms with Crippen LogP contribution in [-0.2, 0) is 4.79 Å². The summed E-state index contributed by atoms with van der Waals surface area (Å²) in [5.74, 6) is 1.12. The number of carbonyl (C=O) groups excluding carboxylic acids is 2. The van der Waals surface area contributed by atoms with Gasteiger partial charge in [-0.05, 0) is 63.1 Å². The quantitative estimate of drug-likeness (QED) is 0.272. The van der Waals surface area contributed by atoms with Crippen LogP contribution < -0.4 is 24.8 Å². The van der Waals surface area contributed by atoms with Gasteiger partial charge in [-0.1, -0.05) is 29.8 Å². The van der Waals surface area contributed by atoms with Crippen molar-refractivity contribution in [2.45, 2.75) is 33.6 Å². The van der Waals surface area contributed by atoms with Crippen LogP contribution in [0.5, 0.6) is 17.2 Å². The summed E-state index contributed by atoms with van der Waals surface area (Å²) in [6, 6.07) is 17.7. The number of hydrogen-bond acceptors (Lipinski definition) is 5. The standard InChI is InChI=1S/C28H31ClN2O5/c1-4-34-25-18-24(31-28(33)20-10-7-6-8-11-20)26(35-5-2)17-23(25)30-27(32)12-9-15-36-21-13-14-22(29)19(3)16-21/h6-8,10-11,13-14,16-18H,4-5,9,12,15H2,1-3H3,(H,30,32)(H,31,33). The highest BCUT2D eigenvalue weighted by molar-refractivity contribution is 6.31. The lowest BCUT2D eigenvalue weighted by Crippen LogP contribution is -2.16. The molecule has 0 aliphatic rings. The van der Waals surface area contributed by atoms with Gasteiger partial charge in [0.25, 0.3) is 5.91 Å². The molecule has 36 heavy (non-hydrogen) atoms. The Balaban J connectivity index is 1.66. The van der Waals surface area contributed by atoms with Crippen LogP contribution in [0.25, 0.3) is 0 Å². The number of anilines is 2. The van der Waals surface area contributed by atoms with Gasteiger partial charge < -0.3 is 24.8 Å². The highest BCUT2D eigenvalue weighted by Crippen LogP contribution is 2.37. The van der Waals surface area contributed by atoms with E-state index in [9.17, 15) is 9.59 Å². The van der Waals surface area contributed by atoms with Crippen LogP contribution in [-0.4, -0.2) is 31.6 Å². The average molecular weight is 511 g/mol. The number of ether oxygens (including phenoxy) is 3. The largest absolute Gasteiger partial charge is 0.494 e. The van der Waals surface area contributed by atoms with Crippen molar-refractivity contribution in [3.8, 4) is 17.2 Å². The molecule has 0 spiro atoms. The van der Waals surface area contributed by atoms with Gasteiger partial charge in [-0.25, -0.2) is 0 Å². The van der Waals surface area contributed by atoms with Crippen molar-refractivity contribution in [3.05, 3.63) is 76.8 Å². The maximum Gasteiger partial charge on any atom is 0.255 e. The number of halogens is 1. The summed E-state index contributed by atoms with van der Waals surface area (Å²) in [5.41, 5.74) is 2.38. The van der Waals surface area contributed by atoms with E-state index in [1.165, 1.54) is 0 Å². The first-order valence-electron chi connectivity index (χ1n) is 11.9. The summed E-state index contributed by atoms with van der Waals surface area (Å²) in [4.78, 5) is 25.3. The Kier molecular flexibility index (Phi) is 10.0. The van der Waals surface area contributed by atoms with Gasteiger partial charge in [-0.2, -0.15) is 0 Å². The summed E-state index contributed by atoms with van der Waals surface area (Å²) in [7, 11) is 0. The minimum Gasteiger partial charge on any atom is -0.494 e. The Labute approximate surface area is 216 Å². The van der Waals surface area contributed by atoms with E-state index in [2.05, 4.69) is 10.6 Å². The van der Waals surface area contributed by atoms with Crippen molar-refractivity contribution in [2.75, 3.05) is 30.5 Å². The monoisotopic (exact) mass is 510 g/mol. The van der Waals surface area contributed by atoms with Crippen molar-refractivity contribution in [1.82, 2.24) is 0 Å². The molecule has 7 nitrogen and oxygen atoms in total. The number of hydrogen-bond donors (Lipinski definition) is 2. The topological polar surface area (TPSA) is 85.9 Å². The molecule has 190 valence electrons. The molecule has 0 atom stereocenters. The Morgan fingerprint density at radius 3 is 2.08 bits per heavy atom. The predicted octanol–water partition coefficient (Wildman–Crippen LogP) is 6.50. The van der Waals surface area contributed by atoms with E-state index < -0.39 is 0 Å². The molecule has 3 rings (SSSR count). The zero-order valence-corrected chi connectivity index (χ0v) is 21.5. The number of amides is 2. The maximum absolute atomic E-state index is 12.7. The van der Waals surface area contributed by atoms with Gasteiger partial charge in [-0.3, -0.25) is 9.59 Å². The van der Waals surface area contributed by atoms with Gasteiger partial charge in [0.15, 0.2) is 0 Å². The predicted molar refractivity (Wildman–Crippen MR) is 143 cm³/mol. The molecule has 0 aromatic heterocycles. The van der Waals surface area contributed by atoms with Crippen molar-refractivity contribution in [2.24, 2.45) is 0 Å². The minimum absolute atomic E-state index is 0.185. The molecule has 0 bridgehead atoms. The summed E-state index contributed by atoms with van der Waals surface area (Å²) < 4.78 is 17.2. The third-order valence-corrected chi connectivity index (χ3v) is 5.61. The highest BCUT2D eigenvalue weighted by atomic mass is 35.5. The third-order valence-electron chi connectivity index (χ3n) is 5.19. The van der Waals surface area contributed by atoms with Crippen molar-refractivity contribution >= 4 is 34.8 Å². The minimum atomic E-state index is -0.272. The van der Waals surface area contributed by atoms with Gasteiger partial charge in [0.2, 0.25) is 5.91 Å². The molecule has 0 saturated heterocycles. The number of benzene rings is 3. The fraction of sp³-hybridized carbons (Fsp3) is 0.286. The first-order valence-corrected chi connectivity index (χ1v) is 12.3. The first kappa shape index (κ1) is 26.9. The number of rotatable bonds is 12. The lowest BCUT2D eigenvalue weighted by molar-refractivity contribution is -0.116. The number of carbonyl (C=O) groups is 2. The molecule has 3 aromatic carbocycles. The summed E-state index contributed by atoms with van der Waals surface area (Å²) in [6.07, 6.45) is 0.787. The van der Waals surface area contributed by atoms with E-state index in [0.29, 0.717) is 65.5 Å². The second-order valence-electron chi connectivity index (χ2n) is 7.94. The summed E-state index contributed by atoms with van der Waals surface area (Å²) >= 11 is 6.04. The average Bonchev–Trinajstić information content (AvgIpc) is 2.87. The van der Waals surface area contributed by atoms with Crippen LogP contribution in [0.2, 0.25) is 5.02 Å². The SMILES string of the molecule is CCOc1cc(NC(=O)c2ccccc2)c(OCC)cc1NC(=O)CCCOc1ccc(Cl)c(C)c1. The molecule has 2 amide bonds. The van der Waals surface area contributed by atoms with E-state index >= 15 is 0 Å². The second kappa shape index (κ2) is 13.4. The Bertz CT molecular complexity index is 1180. The maximum atomic E-state index is 12.7. The highest BCUT2D eigenvalue weighted by Gasteiger charge is 2.17. The van der Waals surface area contributed by atoms with E-state index in [4.69, 9.17) is 25.8 Å². The molecular weight excluding hydrogens is 480 g/mol. The molecule has 0 heterocycles. The molecule has 0 aliphatic carbocycles. The normalized spacial score (nSPS) is 10.4. The lowest BCUT2D eigenvalue weighted by atomic mass is 10.2. The first-order chi connectivity index (χ1) is 17.4. The molecule has 8 heteroatoms. The smallest absolute Gasteiger partial charge is 0.255 e. The van der Waals surface area contributed by atoms with Crippen molar-refractivity contribution in [3.63, 3.8) is 0 Å². The third kappa shape index (κ3) is 7.65. The second-order valence-corrected chi connectivity index (χ2v) is 8.35. The molecule has 0 aliphatic heterocycles. The number of nitrogens with one attached hydrogen (secondary N) is 2. The van der Waals surface area contributed by atoms with Crippen LogP contribution >= 0.6 is 11.6 Å². The van der Waals surface area contributed by atoms with Crippen LogP contribution in [0.4, 0.5) is 11.4 Å². The fourth-order valence-corrected chi connectivity index (χ4v) is 3.55. The zero-order valence-electron chi connectivity index (χ0n) is 20.7.